The highest BCUT2D eigenvalue weighted by atomic mass is 16.3. The molecule has 0 bridgehead atoms. The van der Waals surface area contributed by atoms with Crippen LogP contribution in [-0.2, 0) is 4.79 Å². The molecule has 1 aliphatic carbocycles. The molecule has 0 spiro atoms. The number of carbonyl (C=O) groups is 1. The third kappa shape index (κ3) is 6.06. The van der Waals surface area contributed by atoms with Gasteiger partial charge in [-0.2, -0.15) is 0 Å². The van der Waals surface area contributed by atoms with E-state index in [1.807, 2.05) is 13.8 Å². The monoisotopic (exact) mass is 226 g/mol. The molecule has 94 valence electrons. The molecule has 0 fully saturated rings. The van der Waals surface area contributed by atoms with E-state index in [1.54, 1.807) is 0 Å². The summed E-state index contributed by atoms with van der Waals surface area (Å²) >= 11 is 0. The summed E-state index contributed by atoms with van der Waals surface area (Å²) in [4.78, 5) is 10.5. The fraction of sp³-hybridized carbons (Fsp3) is 0.786. The van der Waals surface area contributed by atoms with Crippen molar-refractivity contribution in [2.45, 2.75) is 65.4 Å². The zero-order chi connectivity index (χ0) is 11.3. The van der Waals surface area contributed by atoms with Crippen molar-refractivity contribution in [3.63, 3.8) is 0 Å². The highest BCUT2D eigenvalue weighted by Gasteiger charge is 2.15. The van der Waals surface area contributed by atoms with Crippen LogP contribution in [0.15, 0.2) is 11.6 Å². The first-order valence-corrected chi connectivity index (χ1v) is 5.87. The van der Waals surface area contributed by atoms with Crippen molar-refractivity contribution in [2.24, 2.45) is 5.92 Å². The molecule has 1 unspecified atom stereocenters. The second-order valence-electron chi connectivity index (χ2n) is 5.20. The smallest absolute Gasteiger partial charge is 0.123 e. The van der Waals surface area contributed by atoms with Crippen LogP contribution < -0.4 is 0 Å². The molecule has 1 N–H and O–H groups in total. The van der Waals surface area contributed by atoms with E-state index < -0.39 is 5.60 Å². The average molecular weight is 226 g/mol. The largest absolute Gasteiger partial charge is 0.390 e. The van der Waals surface area contributed by atoms with Gasteiger partial charge in [-0.15, -0.1) is 0 Å². The Labute approximate surface area is 99.7 Å². The summed E-state index contributed by atoms with van der Waals surface area (Å²) in [5.41, 5.74) is 0.929. The molecule has 2 nitrogen and oxygen atoms in total. The highest BCUT2D eigenvalue weighted by molar-refractivity contribution is 5.54. The van der Waals surface area contributed by atoms with Gasteiger partial charge in [0.25, 0.3) is 0 Å². The minimum absolute atomic E-state index is 0. The summed E-state index contributed by atoms with van der Waals surface area (Å²) in [5, 5.41) is 9.56. The second kappa shape index (κ2) is 6.85. The molecule has 1 aliphatic rings. The molecule has 0 aromatic heterocycles. The Bertz CT molecular complexity index is 236. The Morgan fingerprint density at radius 2 is 2.25 bits per heavy atom. The molecular weight excluding hydrogens is 200 g/mol. The van der Waals surface area contributed by atoms with Crippen LogP contribution in [0, 0.1) is 5.92 Å². The van der Waals surface area contributed by atoms with Crippen LogP contribution in [-0.4, -0.2) is 17.0 Å². The molecule has 0 radical (unpaired) electrons. The number of aliphatic hydroxyl groups is 1. The fourth-order valence-electron chi connectivity index (χ4n) is 2.01. The van der Waals surface area contributed by atoms with E-state index in [9.17, 15) is 9.90 Å². The maximum atomic E-state index is 10.5. The lowest BCUT2D eigenvalue weighted by molar-refractivity contribution is -0.111. The Hall–Kier alpha value is -0.630. The lowest BCUT2D eigenvalue weighted by Crippen LogP contribution is -2.18. The van der Waals surface area contributed by atoms with Crippen LogP contribution in [0.1, 0.15) is 59.8 Å². The van der Waals surface area contributed by atoms with Gasteiger partial charge in [0.2, 0.25) is 0 Å². The molecule has 0 saturated carbocycles. The normalized spacial score (nSPS) is 20.9. The SMILES string of the molecule is C.CC(C)(O)CCCC1=CCC(C=O)CC1. The first-order chi connectivity index (χ1) is 7.01. The second-order valence-corrected chi connectivity index (χ2v) is 5.20. The van der Waals surface area contributed by atoms with Gasteiger partial charge >= 0.3 is 0 Å². The van der Waals surface area contributed by atoms with Crippen molar-refractivity contribution in [2.75, 3.05) is 0 Å². The third-order valence-electron chi connectivity index (χ3n) is 3.02. The first-order valence-electron chi connectivity index (χ1n) is 5.87. The fourth-order valence-corrected chi connectivity index (χ4v) is 2.01. The quantitative estimate of drug-likeness (QED) is 0.575. The lowest BCUT2D eigenvalue weighted by Gasteiger charge is -2.20. The maximum absolute atomic E-state index is 10.5. The van der Waals surface area contributed by atoms with Gasteiger partial charge in [-0.05, 0) is 52.4 Å². The number of aldehydes is 1. The van der Waals surface area contributed by atoms with E-state index in [2.05, 4.69) is 6.08 Å². The zero-order valence-corrected chi connectivity index (χ0v) is 9.83. The van der Waals surface area contributed by atoms with Crippen LogP contribution in [0.4, 0.5) is 0 Å². The predicted molar refractivity (Wildman–Crippen MR) is 68.4 cm³/mol. The van der Waals surface area contributed by atoms with Gasteiger partial charge in [0.15, 0.2) is 0 Å². The summed E-state index contributed by atoms with van der Waals surface area (Å²) in [6, 6.07) is 0. The minimum atomic E-state index is -0.541. The Morgan fingerprint density at radius 3 is 2.69 bits per heavy atom. The van der Waals surface area contributed by atoms with Crippen molar-refractivity contribution < 1.29 is 9.90 Å². The number of hydrogen-bond donors (Lipinski definition) is 1. The minimum Gasteiger partial charge on any atom is -0.390 e. The molecule has 16 heavy (non-hydrogen) atoms. The summed E-state index contributed by atoms with van der Waals surface area (Å²) in [7, 11) is 0. The molecule has 1 rings (SSSR count). The van der Waals surface area contributed by atoms with Gasteiger partial charge in [-0.25, -0.2) is 0 Å². The summed E-state index contributed by atoms with van der Waals surface area (Å²) in [6.45, 7) is 3.70. The number of hydrogen-bond acceptors (Lipinski definition) is 2. The van der Waals surface area contributed by atoms with Gasteiger partial charge < -0.3 is 9.90 Å². The van der Waals surface area contributed by atoms with Crippen molar-refractivity contribution in [3.8, 4) is 0 Å². The van der Waals surface area contributed by atoms with Crippen LogP contribution >= 0.6 is 0 Å². The van der Waals surface area contributed by atoms with Crippen molar-refractivity contribution >= 4 is 6.29 Å². The molecule has 0 amide bonds. The van der Waals surface area contributed by atoms with Crippen molar-refractivity contribution in [3.05, 3.63) is 11.6 Å². The van der Waals surface area contributed by atoms with E-state index in [4.69, 9.17) is 0 Å². The van der Waals surface area contributed by atoms with Gasteiger partial charge in [-0.3, -0.25) is 0 Å². The van der Waals surface area contributed by atoms with Crippen molar-refractivity contribution in [1.82, 2.24) is 0 Å². The number of allylic oxidation sites excluding steroid dienone is 2. The summed E-state index contributed by atoms with van der Waals surface area (Å²) in [6.07, 6.45) is 9.25. The average Bonchev–Trinajstić information content (AvgIpc) is 2.17. The number of rotatable bonds is 5. The molecule has 0 aromatic carbocycles. The van der Waals surface area contributed by atoms with Gasteiger partial charge in [0.1, 0.15) is 6.29 Å². The Morgan fingerprint density at radius 1 is 1.56 bits per heavy atom. The van der Waals surface area contributed by atoms with E-state index in [0.717, 1.165) is 44.8 Å². The number of carbonyl (C=O) groups excluding carboxylic acids is 1. The van der Waals surface area contributed by atoms with E-state index in [0.29, 0.717) is 0 Å². The molecule has 0 heterocycles. The molecular formula is C14H26O2. The van der Waals surface area contributed by atoms with E-state index >= 15 is 0 Å². The Kier molecular flexibility index (Phi) is 6.58. The lowest BCUT2D eigenvalue weighted by atomic mass is 9.87. The standard InChI is InChI=1S/C13H22O2.CH4/c1-13(2,15)9-3-4-11-5-7-12(10-14)8-6-11;/h5,10,12,15H,3-4,6-9H2,1-2H3;1H4. The van der Waals surface area contributed by atoms with Gasteiger partial charge in [0.05, 0.1) is 5.60 Å². The van der Waals surface area contributed by atoms with E-state index in [1.165, 1.54) is 5.57 Å². The molecule has 2 heteroatoms. The third-order valence-corrected chi connectivity index (χ3v) is 3.02. The molecule has 0 aromatic rings. The van der Waals surface area contributed by atoms with Crippen LogP contribution in [0.3, 0.4) is 0 Å². The maximum Gasteiger partial charge on any atom is 0.123 e. The summed E-state index contributed by atoms with van der Waals surface area (Å²) in [5.74, 6) is 0.253. The molecule has 0 aliphatic heterocycles. The predicted octanol–water partition coefficient (Wildman–Crippen LogP) is 3.49. The molecule has 0 saturated heterocycles. The first kappa shape index (κ1) is 15.4. The van der Waals surface area contributed by atoms with Gasteiger partial charge in [0, 0.05) is 5.92 Å². The Balaban J connectivity index is 0.00000225. The van der Waals surface area contributed by atoms with Crippen LogP contribution in [0.2, 0.25) is 0 Å². The van der Waals surface area contributed by atoms with Crippen LogP contribution in [0.25, 0.3) is 0 Å². The zero-order valence-electron chi connectivity index (χ0n) is 9.83. The molecule has 1 atom stereocenters. The van der Waals surface area contributed by atoms with Crippen molar-refractivity contribution in [1.29, 1.82) is 0 Å². The summed E-state index contributed by atoms with van der Waals surface area (Å²) < 4.78 is 0. The topological polar surface area (TPSA) is 37.3 Å². The van der Waals surface area contributed by atoms with Gasteiger partial charge in [-0.1, -0.05) is 19.1 Å². The van der Waals surface area contributed by atoms with Crippen LogP contribution in [0.5, 0.6) is 0 Å². The highest BCUT2D eigenvalue weighted by Crippen LogP contribution is 2.26. The van der Waals surface area contributed by atoms with E-state index in [-0.39, 0.29) is 13.3 Å².